The van der Waals surface area contributed by atoms with Crippen LogP contribution < -0.4 is 10.1 Å². The van der Waals surface area contributed by atoms with Gasteiger partial charge in [-0.25, -0.2) is 4.98 Å². The molecule has 3 aromatic rings. The molecule has 0 spiro atoms. The lowest BCUT2D eigenvalue weighted by Gasteiger charge is -2.04. The number of ether oxygens (including phenoxy) is 1. The van der Waals surface area contributed by atoms with Crippen molar-refractivity contribution < 1.29 is 9.53 Å². The van der Waals surface area contributed by atoms with E-state index in [4.69, 9.17) is 4.74 Å². The van der Waals surface area contributed by atoms with Crippen molar-refractivity contribution in [3.05, 3.63) is 59.1 Å². The average Bonchev–Trinajstić information content (AvgIpc) is 3.24. The first-order valence-electron chi connectivity index (χ1n) is 7.69. The number of amides is 1. The van der Waals surface area contributed by atoms with Crippen molar-refractivity contribution in [2.24, 2.45) is 0 Å². The van der Waals surface area contributed by atoms with Crippen molar-refractivity contribution in [1.82, 2.24) is 9.97 Å². The monoisotopic (exact) mass is 337 g/mol. The minimum absolute atomic E-state index is 0.0733. The zero-order valence-corrected chi connectivity index (χ0v) is 13.7. The predicted molar refractivity (Wildman–Crippen MR) is 93.3 cm³/mol. The Morgan fingerprint density at radius 1 is 1.25 bits per heavy atom. The number of pyridine rings is 1. The fraction of sp³-hybridized carbons (Fsp3) is 0.167. The summed E-state index contributed by atoms with van der Waals surface area (Å²) in [6.45, 7) is 0.723. The van der Waals surface area contributed by atoms with Crippen molar-refractivity contribution in [3.63, 3.8) is 0 Å². The molecule has 0 radical (unpaired) electrons. The number of anilines is 1. The molecule has 0 unspecified atom stereocenters. The van der Waals surface area contributed by atoms with Crippen LogP contribution in [0.2, 0.25) is 0 Å². The quantitative estimate of drug-likeness (QED) is 0.793. The number of carbonyl (C=O) groups excluding carboxylic acids is 1. The Morgan fingerprint density at radius 3 is 3.08 bits per heavy atom. The molecule has 120 valence electrons. The summed E-state index contributed by atoms with van der Waals surface area (Å²) in [7, 11) is 0. The molecule has 0 saturated heterocycles. The molecule has 1 aliphatic heterocycles. The number of benzene rings is 1. The highest BCUT2D eigenvalue weighted by Crippen LogP contribution is 2.26. The normalized spacial score (nSPS) is 12.5. The third-order valence-corrected chi connectivity index (χ3v) is 4.55. The van der Waals surface area contributed by atoms with Gasteiger partial charge in [0.1, 0.15) is 11.4 Å². The molecular weight excluding hydrogens is 322 g/mol. The Kier molecular flexibility index (Phi) is 3.96. The van der Waals surface area contributed by atoms with E-state index in [-0.39, 0.29) is 5.91 Å². The molecule has 1 amide bonds. The maximum absolute atomic E-state index is 12.2. The number of fused-ring (bicyclic) bond motifs is 1. The van der Waals surface area contributed by atoms with Gasteiger partial charge >= 0.3 is 0 Å². The lowest BCUT2D eigenvalue weighted by molar-refractivity contribution is -0.115. The molecule has 0 aliphatic carbocycles. The van der Waals surface area contributed by atoms with Crippen LogP contribution in [0.15, 0.2) is 48.0 Å². The van der Waals surface area contributed by atoms with Crippen molar-refractivity contribution >= 4 is 22.4 Å². The van der Waals surface area contributed by atoms with Crippen LogP contribution in [0.5, 0.6) is 5.75 Å². The second-order valence-electron chi connectivity index (χ2n) is 5.52. The number of thiazole rings is 1. The Hall–Kier alpha value is -2.73. The zero-order valence-electron chi connectivity index (χ0n) is 12.9. The molecule has 1 aliphatic rings. The maximum atomic E-state index is 12.2. The van der Waals surface area contributed by atoms with Gasteiger partial charge in [0.2, 0.25) is 5.91 Å². The molecule has 1 aromatic carbocycles. The number of nitrogens with zero attached hydrogens (tertiary/aromatic N) is 2. The van der Waals surface area contributed by atoms with Gasteiger partial charge in [-0.2, -0.15) is 0 Å². The summed E-state index contributed by atoms with van der Waals surface area (Å²) in [5.41, 5.74) is 3.73. The first-order valence-corrected chi connectivity index (χ1v) is 8.57. The number of hydrogen-bond acceptors (Lipinski definition) is 5. The summed E-state index contributed by atoms with van der Waals surface area (Å²) in [5.74, 6) is 0.856. The third-order valence-electron chi connectivity index (χ3n) is 3.80. The Labute approximate surface area is 143 Å². The molecule has 0 atom stereocenters. The second kappa shape index (κ2) is 6.41. The van der Waals surface area contributed by atoms with Crippen molar-refractivity contribution in [2.45, 2.75) is 12.8 Å². The molecule has 5 nitrogen and oxygen atoms in total. The molecule has 6 heteroatoms. The molecular formula is C18H15N3O2S. The van der Waals surface area contributed by atoms with Gasteiger partial charge in [-0.15, -0.1) is 11.3 Å². The third kappa shape index (κ3) is 3.14. The fourth-order valence-corrected chi connectivity index (χ4v) is 3.38. The van der Waals surface area contributed by atoms with E-state index in [2.05, 4.69) is 15.3 Å². The first-order chi connectivity index (χ1) is 11.8. The summed E-state index contributed by atoms with van der Waals surface area (Å²) in [6, 6.07) is 11.6. The Balaban J connectivity index is 1.42. The minimum atomic E-state index is -0.0733. The molecule has 1 N–H and O–H groups in total. The predicted octanol–water partition coefficient (Wildman–Crippen LogP) is 3.32. The van der Waals surface area contributed by atoms with E-state index in [1.807, 2.05) is 41.8 Å². The van der Waals surface area contributed by atoms with Gasteiger partial charge in [-0.05, 0) is 29.3 Å². The van der Waals surface area contributed by atoms with E-state index in [1.165, 1.54) is 16.9 Å². The van der Waals surface area contributed by atoms with Gasteiger partial charge in [-0.1, -0.05) is 18.2 Å². The van der Waals surface area contributed by atoms with Crippen LogP contribution in [0.1, 0.15) is 11.1 Å². The number of rotatable bonds is 4. The molecule has 24 heavy (non-hydrogen) atoms. The molecule has 0 fully saturated rings. The standard InChI is InChI=1S/C18H15N3O2S/c22-17(10-12-4-5-16-13(9-12)6-8-23-16)21-18-20-15(11-24-18)14-3-1-2-7-19-14/h1-5,7,9,11H,6,8,10H2,(H,20,21,22). The first kappa shape index (κ1) is 14.8. The number of carbonyl (C=O) groups is 1. The number of nitrogens with one attached hydrogen (secondary N) is 1. The summed E-state index contributed by atoms with van der Waals surface area (Å²) in [5, 5.41) is 5.34. The van der Waals surface area contributed by atoms with Crippen molar-refractivity contribution in [3.8, 4) is 17.1 Å². The van der Waals surface area contributed by atoms with E-state index in [0.717, 1.165) is 35.7 Å². The summed E-state index contributed by atoms with van der Waals surface area (Å²) in [4.78, 5) is 20.9. The van der Waals surface area contributed by atoms with E-state index >= 15 is 0 Å². The van der Waals surface area contributed by atoms with Crippen molar-refractivity contribution in [2.75, 3.05) is 11.9 Å². The highest BCUT2D eigenvalue weighted by molar-refractivity contribution is 7.14. The number of hydrogen-bond donors (Lipinski definition) is 1. The topological polar surface area (TPSA) is 64.1 Å². The van der Waals surface area contributed by atoms with Gasteiger partial charge in [0, 0.05) is 18.0 Å². The maximum Gasteiger partial charge on any atom is 0.230 e. The van der Waals surface area contributed by atoms with E-state index in [0.29, 0.717) is 11.6 Å². The lowest BCUT2D eigenvalue weighted by atomic mass is 10.1. The van der Waals surface area contributed by atoms with Crippen LogP contribution in [-0.4, -0.2) is 22.5 Å². The Bertz CT molecular complexity index is 877. The SMILES string of the molecule is O=C(Cc1ccc2c(c1)CCO2)Nc1nc(-c2ccccn2)cs1. The van der Waals surface area contributed by atoms with Gasteiger partial charge in [-0.3, -0.25) is 9.78 Å². The zero-order chi connectivity index (χ0) is 16.4. The van der Waals surface area contributed by atoms with E-state index < -0.39 is 0 Å². The van der Waals surface area contributed by atoms with Crippen LogP contribution in [-0.2, 0) is 17.6 Å². The summed E-state index contributed by atoms with van der Waals surface area (Å²) >= 11 is 1.40. The minimum Gasteiger partial charge on any atom is -0.493 e. The van der Waals surface area contributed by atoms with Gasteiger partial charge in [0.05, 0.1) is 18.7 Å². The van der Waals surface area contributed by atoms with Crippen molar-refractivity contribution in [1.29, 1.82) is 0 Å². The summed E-state index contributed by atoms with van der Waals surface area (Å²) in [6.07, 6.45) is 2.96. The number of aromatic nitrogens is 2. The van der Waals surface area contributed by atoms with Gasteiger partial charge in [0.25, 0.3) is 0 Å². The van der Waals surface area contributed by atoms with E-state index in [9.17, 15) is 4.79 Å². The molecule has 3 heterocycles. The Morgan fingerprint density at radius 2 is 2.21 bits per heavy atom. The van der Waals surface area contributed by atoms with Crippen LogP contribution in [0.4, 0.5) is 5.13 Å². The smallest absolute Gasteiger partial charge is 0.230 e. The molecule has 4 rings (SSSR count). The molecule has 2 aromatic heterocycles. The molecule has 0 bridgehead atoms. The van der Waals surface area contributed by atoms with E-state index in [1.54, 1.807) is 6.20 Å². The highest BCUT2D eigenvalue weighted by Gasteiger charge is 2.14. The van der Waals surface area contributed by atoms with Gasteiger partial charge in [0.15, 0.2) is 5.13 Å². The van der Waals surface area contributed by atoms with Crippen LogP contribution in [0.25, 0.3) is 11.4 Å². The highest BCUT2D eigenvalue weighted by atomic mass is 32.1. The summed E-state index contributed by atoms with van der Waals surface area (Å²) < 4.78 is 5.48. The van der Waals surface area contributed by atoms with Gasteiger partial charge < -0.3 is 10.1 Å². The van der Waals surface area contributed by atoms with Crippen LogP contribution in [0.3, 0.4) is 0 Å². The lowest BCUT2D eigenvalue weighted by Crippen LogP contribution is -2.14. The average molecular weight is 337 g/mol. The largest absolute Gasteiger partial charge is 0.493 e. The van der Waals surface area contributed by atoms with Crippen LogP contribution in [0, 0.1) is 0 Å². The molecule has 0 saturated carbocycles. The second-order valence-corrected chi connectivity index (χ2v) is 6.38. The van der Waals surface area contributed by atoms with Crippen LogP contribution >= 0.6 is 11.3 Å². The fourth-order valence-electron chi connectivity index (χ4n) is 2.66.